The van der Waals surface area contributed by atoms with E-state index in [-0.39, 0.29) is 12.4 Å². The fourth-order valence-corrected chi connectivity index (χ4v) is 1.14. The molecule has 0 aromatic heterocycles. The lowest BCUT2D eigenvalue weighted by atomic mass is 10.0. The molecule has 0 bridgehead atoms. The molecule has 1 aromatic rings. The molecule has 0 unspecified atom stereocenters. The topological polar surface area (TPSA) is 52.0 Å². The second-order valence-electron chi connectivity index (χ2n) is 2.85. The highest BCUT2D eigenvalue weighted by atomic mass is 35.5. The first-order valence-electron chi connectivity index (χ1n) is 4.05. The molecule has 0 heterocycles. The smallest absolute Gasteiger partial charge is 0.130 e. The Kier molecular flexibility index (Phi) is 5.60. The van der Waals surface area contributed by atoms with Crippen molar-refractivity contribution in [1.82, 2.24) is 0 Å². The molecular formula is C9H13ClF2N2. The number of rotatable bonds is 3. The second kappa shape index (κ2) is 5.90. The normalized spacial score (nSPS) is 12.0. The summed E-state index contributed by atoms with van der Waals surface area (Å²) >= 11 is 0. The van der Waals surface area contributed by atoms with Gasteiger partial charge in [-0.1, -0.05) is 6.07 Å². The number of nitrogens with two attached hydrogens (primary N) is 2. The van der Waals surface area contributed by atoms with Crippen LogP contribution in [0.4, 0.5) is 8.78 Å². The molecule has 0 aliphatic rings. The first kappa shape index (κ1) is 13.3. The van der Waals surface area contributed by atoms with Crippen molar-refractivity contribution in [3.63, 3.8) is 0 Å². The van der Waals surface area contributed by atoms with E-state index in [2.05, 4.69) is 0 Å². The average Bonchev–Trinajstić information content (AvgIpc) is 2.04. The SMILES string of the molecule is Cl.NCC[C@H](N)c1ccc(F)cc1F. The molecule has 2 nitrogen and oxygen atoms in total. The summed E-state index contributed by atoms with van der Waals surface area (Å²) in [5.41, 5.74) is 11.2. The van der Waals surface area contributed by atoms with Crippen LogP contribution in [0.2, 0.25) is 0 Å². The molecule has 0 fully saturated rings. The van der Waals surface area contributed by atoms with E-state index in [1.807, 2.05) is 0 Å². The van der Waals surface area contributed by atoms with Crippen LogP contribution in [0.25, 0.3) is 0 Å². The zero-order chi connectivity index (χ0) is 9.84. The van der Waals surface area contributed by atoms with E-state index >= 15 is 0 Å². The van der Waals surface area contributed by atoms with Crippen LogP contribution in [-0.4, -0.2) is 6.54 Å². The molecule has 14 heavy (non-hydrogen) atoms. The minimum absolute atomic E-state index is 0. The van der Waals surface area contributed by atoms with Crippen molar-refractivity contribution in [2.24, 2.45) is 11.5 Å². The van der Waals surface area contributed by atoms with Gasteiger partial charge in [0.1, 0.15) is 11.6 Å². The van der Waals surface area contributed by atoms with Gasteiger partial charge in [-0.3, -0.25) is 0 Å². The van der Waals surface area contributed by atoms with Gasteiger partial charge in [-0.2, -0.15) is 0 Å². The van der Waals surface area contributed by atoms with Gasteiger partial charge >= 0.3 is 0 Å². The minimum atomic E-state index is -0.610. The number of hydrogen-bond acceptors (Lipinski definition) is 2. The summed E-state index contributed by atoms with van der Waals surface area (Å²) in [7, 11) is 0. The third-order valence-corrected chi connectivity index (χ3v) is 1.84. The highest BCUT2D eigenvalue weighted by molar-refractivity contribution is 5.85. The lowest BCUT2D eigenvalue weighted by molar-refractivity contribution is 0.546. The van der Waals surface area contributed by atoms with E-state index in [9.17, 15) is 8.78 Å². The zero-order valence-corrected chi connectivity index (χ0v) is 8.36. The maximum Gasteiger partial charge on any atom is 0.130 e. The molecule has 80 valence electrons. The molecule has 5 heteroatoms. The summed E-state index contributed by atoms with van der Waals surface area (Å²) in [5.74, 6) is -1.21. The van der Waals surface area contributed by atoms with Gasteiger partial charge in [-0.25, -0.2) is 8.78 Å². The van der Waals surface area contributed by atoms with E-state index in [1.54, 1.807) is 0 Å². The fraction of sp³-hybridized carbons (Fsp3) is 0.333. The van der Waals surface area contributed by atoms with Crippen molar-refractivity contribution >= 4 is 12.4 Å². The van der Waals surface area contributed by atoms with Crippen LogP contribution in [0.1, 0.15) is 18.0 Å². The van der Waals surface area contributed by atoms with E-state index in [1.165, 1.54) is 12.1 Å². The van der Waals surface area contributed by atoms with Gasteiger partial charge in [-0.15, -0.1) is 12.4 Å². The molecular weight excluding hydrogens is 210 g/mol. The van der Waals surface area contributed by atoms with Crippen LogP contribution in [0.15, 0.2) is 18.2 Å². The number of hydrogen-bond donors (Lipinski definition) is 2. The van der Waals surface area contributed by atoms with Gasteiger partial charge in [0, 0.05) is 17.7 Å². The van der Waals surface area contributed by atoms with Crippen molar-refractivity contribution in [2.75, 3.05) is 6.54 Å². The Balaban J connectivity index is 0.00000169. The molecule has 0 aliphatic heterocycles. The van der Waals surface area contributed by atoms with E-state index < -0.39 is 17.7 Å². The van der Waals surface area contributed by atoms with E-state index in [4.69, 9.17) is 11.5 Å². The van der Waals surface area contributed by atoms with Gasteiger partial charge in [0.25, 0.3) is 0 Å². The van der Waals surface area contributed by atoms with E-state index in [0.29, 0.717) is 18.5 Å². The summed E-state index contributed by atoms with van der Waals surface area (Å²) in [6.45, 7) is 0.387. The van der Waals surface area contributed by atoms with Crippen LogP contribution in [-0.2, 0) is 0 Å². The molecule has 0 spiro atoms. The van der Waals surface area contributed by atoms with Gasteiger partial charge in [0.15, 0.2) is 0 Å². The highest BCUT2D eigenvalue weighted by Crippen LogP contribution is 2.17. The predicted molar refractivity (Wildman–Crippen MR) is 54.2 cm³/mol. The second-order valence-corrected chi connectivity index (χ2v) is 2.85. The Morgan fingerprint density at radius 2 is 1.93 bits per heavy atom. The van der Waals surface area contributed by atoms with Crippen molar-refractivity contribution < 1.29 is 8.78 Å². The van der Waals surface area contributed by atoms with Crippen LogP contribution in [0.3, 0.4) is 0 Å². The summed E-state index contributed by atoms with van der Waals surface area (Å²) in [4.78, 5) is 0. The monoisotopic (exact) mass is 222 g/mol. The summed E-state index contributed by atoms with van der Waals surface area (Å²) in [6, 6.07) is 2.91. The van der Waals surface area contributed by atoms with Crippen LogP contribution >= 0.6 is 12.4 Å². The minimum Gasteiger partial charge on any atom is -0.330 e. The van der Waals surface area contributed by atoms with Crippen LogP contribution < -0.4 is 11.5 Å². The Labute approximate surface area is 87.7 Å². The van der Waals surface area contributed by atoms with Gasteiger partial charge < -0.3 is 11.5 Å². The van der Waals surface area contributed by atoms with Gasteiger partial charge in [0.2, 0.25) is 0 Å². The third-order valence-electron chi connectivity index (χ3n) is 1.84. The summed E-state index contributed by atoms with van der Waals surface area (Å²) in [5, 5.41) is 0. The van der Waals surface area contributed by atoms with Crippen molar-refractivity contribution in [2.45, 2.75) is 12.5 Å². The third kappa shape index (κ3) is 3.21. The Morgan fingerprint density at radius 3 is 2.43 bits per heavy atom. The largest absolute Gasteiger partial charge is 0.330 e. The molecule has 0 amide bonds. The first-order valence-corrected chi connectivity index (χ1v) is 4.05. The van der Waals surface area contributed by atoms with Crippen LogP contribution in [0.5, 0.6) is 0 Å². The zero-order valence-electron chi connectivity index (χ0n) is 7.54. The van der Waals surface area contributed by atoms with Gasteiger partial charge in [-0.05, 0) is 19.0 Å². The van der Waals surface area contributed by atoms with Crippen molar-refractivity contribution in [1.29, 1.82) is 0 Å². The molecule has 4 N–H and O–H groups in total. The summed E-state index contributed by atoms with van der Waals surface area (Å²) in [6.07, 6.45) is 0.489. The predicted octanol–water partition coefficient (Wildman–Crippen LogP) is 1.74. The quantitative estimate of drug-likeness (QED) is 0.819. The Bertz CT molecular complexity index is 294. The molecule has 0 saturated carbocycles. The van der Waals surface area contributed by atoms with Crippen molar-refractivity contribution in [3.8, 4) is 0 Å². The molecule has 1 atom stereocenters. The number of halogens is 3. The molecule has 0 radical (unpaired) electrons. The maximum atomic E-state index is 13.1. The van der Waals surface area contributed by atoms with Gasteiger partial charge in [0.05, 0.1) is 0 Å². The Morgan fingerprint density at radius 1 is 1.29 bits per heavy atom. The standard InChI is InChI=1S/C9H12F2N2.ClH/c10-6-1-2-7(8(11)5-6)9(13)3-4-12;/h1-2,5,9H,3-4,12-13H2;1H/t9-;/m0./s1. The fourth-order valence-electron chi connectivity index (χ4n) is 1.14. The molecule has 1 rings (SSSR count). The average molecular weight is 223 g/mol. The van der Waals surface area contributed by atoms with E-state index in [0.717, 1.165) is 6.07 Å². The summed E-state index contributed by atoms with van der Waals surface area (Å²) < 4.78 is 25.6. The Hall–Kier alpha value is -0.710. The maximum absolute atomic E-state index is 13.1. The molecule has 0 saturated heterocycles. The first-order chi connectivity index (χ1) is 6.15. The number of benzene rings is 1. The lowest BCUT2D eigenvalue weighted by Crippen LogP contribution is -2.16. The molecule has 0 aliphatic carbocycles. The molecule has 1 aromatic carbocycles. The highest BCUT2D eigenvalue weighted by Gasteiger charge is 2.10. The van der Waals surface area contributed by atoms with Crippen molar-refractivity contribution in [3.05, 3.63) is 35.4 Å². The van der Waals surface area contributed by atoms with Crippen LogP contribution in [0, 0.1) is 11.6 Å². The lowest BCUT2D eigenvalue weighted by Gasteiger charge is -2.11.